The van der Waals surface area contributed by atoms with E-state index in [1.807, 2.05) is 6.07 Å². The molecule has 16 heavy (non-hydrogen) atoms. The van der Waals surface area contributed by atoms with Crippen LogP contribution in [0.15, 0.2) is 18.2 Å². The van der Waals surface area contributed by atoms with E-state index in [0.717, 1.165) is 0 Å². The molecule has 4 nitrogen and oxygen atoms in total. The van der Waals surface area contributed by atoms with Gasteiger partial charge in [-0.2, -0.15) is 5.26 Å². The Bertz CT molecular complexity index is 454. The number of rotatable bonds is 3. The van der Waals surface area contributed by atoms with Gasteiger partial charge in [-0.3, -0.25) is 0 Å². The van der Waals surface area contributed by atoms with Gasteiger partial charge in [0.2, 0.25) is 0 Å². The monoisotopic (exact) mass is 238 g/mol. The molecule has 0 aliphatic carbocycles. The first-order valence-corrected chi connectivity index (χ1v) is 5.00. The van der Waals surface area contributed by atoms with Gasteiger partial charge in [-0.15, -0.1) is 0 Å². The lowest BCUT2D eigenvalue weighted by Gasteiger charge is -2.23. The molecular formula is C11H11ClN2O2. The SMILES string of the molecule is CC(C(=O)O)N(C)c1ccc(C#N)c(Cl)c1. The Labute approximate surface area is 98.7 Å². The summed E-state index contributed by atoms with van der Waals surface area (Å²) in [6, 6.07) is 6.12. The predicted molar refractivity (Wildman–Crippen MR) is 61.7 cm³/mol. The van der Waals surface area contributed by atoms with Crippen molar-refractivity contribution in [1.29, 1.82) is 5.26 Å². The van der Waals surface area contributed by atoms with Crippen molar-refractivity contribution in [3.63, 3.8) is 0 Å². The van der Waals surface area contributed by atoms with Crippen molar-refractivity contribution in [2.75, 3.05) is 11.9 Å². The molecule has 1 rings (SSSR count). The van der Waals surface area contributed by atoms with Gasteiger partial charge in [0.05, 0.1) is 10.6 Å². The summed E-state index contributed by atoms with van der Waals surface area (Å²) in [5, 5.41) is 17.9. The largest absolute Gasteiger partial charge is 0.480 e. The van der Waals surface area contributed by atoms with Crippen LogP contribution in [-0.4, -0.2) is 24.2 Å². The van der Waals surface area contributed by atoms with Crippen LogP contribution in [0.3, 0.4) is 0 Å². The second kappa shape index (κ2) is 4.86. The molecule has 0 saturated heterocycles. The van der Waals surface area contributed by atoms with Crippen molar-refractivity contribution in [2.24, 2.45) is 0 Å². The Morgan fingerprint density at radius 3 is 2.69 bits per heavy atom. The molecule has 0 aliphatic heterocycles. The van der Waals surface area contributed by atoms with Crippen molar-refractivity contribution in [3.8, 4) is 6.07 Å². The van der Waals surface area contributed by atoms with Crippen LogP contribution in [0, 0.1) is 11.3 Å². The molecule has 0 fully saturated rings. The fraction of sp³-hybridized carbons (Fsp3) is 0.273. The van der Waals surface area contributed by atoms with E-state index in [4.69, 9.17) is 22.0 Å². The number of carbonyl (C=O) groups is 1. The lowest BCUT2D eigenvalue weighted by atomic mass is 10.2. The third-order valence-corrected chi connectivity index (χ3v) is 2.73. The minimum atomic E-state index is -0.914. The molecule has 1 aromatic rings. The minimum absolute atomic E-state index is 0.324. The summed E-state index contributed by atoms with van der Waals surface area (Å²) in [6.07, 6.45) is 0. The highest BCUT2D eigenvalue weighted by Crippen LogP contribution is 2.23. The van der Waals surface area contributed by atoms with Crippen LogP contribution >= 0.6 is 11.6 Å². The molecule has 84 valence electrons. The molecule has 1 aromatic carbocycles. The van der Waals surface area contributed by atoms with E-state index in [-0.39, 0.29) is 0 Å². The first-order valence-electron chi connectivity index (χ1n) is 4.62. The highest BCUT2D eigenvalue weighted by atomic mass is 35.5. The van der Waals surface area contributed by atoms with Gasteiger partial charge in [-0.05, 0) is 25.1 Å². The van der Waals surface area contributed by atoms with Gasteiger partial charge in [-0.1, -0.05) is 11.6 Å². The number of carboxylic acids is 1. The number of likely N-dealkylation sites (N-methyl/N-ethyl adjacent to an activating group) is 1. The van der Waals surface area contributed by atoms with Crippen LogP contribution in [0.25, 0.3) is 0 Å². The van der Waals surface area contributed by atoms with Gasteiger partial charge in [0.1, 0.15) is 12.1 Å². The number of nitrogens with zero attached hydrogens (tertiary/aromatic N) is 2. The molecule has 0 aliphatic rings. The summed E-state index contributed by atoms with van der Waals surface area (Å²) in [5.74, 6) is -0.914. The van der Waals surface area contributed by atoms with E-state index in [1.54, 1.807) is 37.1 Å². The third kappa shape index (κ3) is 2.44. The fourth-order valence-corrected chi connectivity index (χ4v) is 1.42. The van der Waals surface area contributed by atoms with Crippen LogP contribution in [0.2, 0.25) is 5.02 Å². The van der Waals surface area contributed by atoms with Crippen molar-refractivity contribution in [1.82, 2.24) is 0 Å². The number of anilines is 1. The summed E-state index contributed by atoms with van der Waals surface area (Å²) >= 11 is 5.86. The Balaban J connectivity index is 3.02. The average molecular weight is 239 g/mol. The first kappa shape index (κ1) is 12.3. The van der Waals surface area contributed by atoms with Crippen molar-refractivity contribution in [3.05, 3.63) is 28.8 Å². The molecule has 0 spiro atoms. The van der Waals surface area contributed by atoms with Crippen molar-refractivity contribution < 1.29 is 9.90 Å². The fourth-order valence-electron chi connectivity index (χ4n) is 1.20. The highest BCUT2D eigenvalue weighted by Gasteiger charge is 2.17. The maximum absolute atomic E-state index is 10.8. The molecule has 1 unspecified atom stereocenters. The van der Waals surface area contributed by atoms with Gasteiger partial charge >= 0.3 is 5.97 Å². The summed E-state index contributed by atoms with van der Waals surface area (Å²) in [7, 11) is 1.66. The van der Waals surface area contributed by atoms with Gasteiger partial charge < -0.3 is 10.0 Å². The van der Waals surface area contributed by atoms with E-state index in [0.29, 0.717) is 16.3 Å². The predicted octanol–water partition coefficient (Wildman–Crippen LogP) is 2.12. The molecule has 0 saturated carbocycles. The molecular weight excluding hydrogens is 228 g/mol. The Morgan fingerprint density at radius 2 is 2.25 bits per heavy atom. The summed E-state index contributed by atoms with van der Waals surface area (Å²) in [6.45, 7) is 1.58. The number of benzene rings is 1. The molecule has 0 bridgehead atoms. The van der Waals surface area contributed by atoms with Crippen molar-refractivity contribution in [2.45, 2.75) is 13.0 Å². The molecule has 1 atom stereocenters. The van der Waals surface area contributed by atoms with E-state index in [1.165, 1.54) is 0 Å². The standard InChI is InChI=1S/C11H11ClN2O2/c1-7(11(15)16)14(2)9-4-3-8(6-13)10(12)5-9/h3-5,7H,1-2H3,(H,15,16). The number of nitriles is 1. The van der Waals surface area contributed by atoms with Gasteiger partial charge in [0.15, 0.2) is 0 Å². The smallest absolute Gasteiger partial charge is 0.326 e. The number of hydrogen-bond acceptors (Lipinski definition) is 3. The molecule has 0 heterocycles. The zero-order valence-electron chi connectivity index (χ0n) is 8.94. The maximum atomic E-state index is 10.8. The first-order chi connectivity index (χ1) is 7.47. The second-order valence-electron chi connectivity index (χ2n) is 3.40. The quantitative estimate of drug-likeness (QED) is 0.876. The van der Waals surface area contributed by atoms with E-state index >= 15 is 0 Å². The van der Waals surface area contributed by atoms with E-state index < -0.39 is 12.0 Å². The zero-order valence-corrected chi connectivity index (χ0v) is 9.69. The topological polar surface area (TPSA) is 64.3 Å². The number of halogens is 1. The Morgan fingerprint density at radius 1 is 1.62 bits per heavy atom. The third-order valence-electron chi connectivity index (χ3n) is 2.42. The molecule has 1 N–H and O–H groups in total. The number of aliphatic carboxylic acids is 1. The molecule has 0 aromatic heterocycles. The van der Waals surface area contributed by atoms with E-state index in [9.17, 15) is 4.79 Å². The molecule has 5 heteroatoms. The minimum Gasteiger partial charge on any atom is -0.480 e. The van der Waals surface area contributed by atoms with Crippen LogP contribution in [-0.2, 0) is 4.79 Å². The normalized spacial score (nSPS) is 11.6. The van der Waals surface area contributed by atoms with Crippen LogP contribution in [0.4, 0.5) is 5.69 Å². The zero-order chi connectivity index (χ0) is 12.3. The highest BCUT2D eigenvalue weighted by molar-refractivity contribution is 6.32. The van der Waals surface area contributed by atoms with Crippen LogP contribution in [0.1, 0.15) is 12.5 Å². The van der Waals surface area contributed by atoms with Crippen LogP contribution in [0.5, 0.6) is 0 Å². The molecule has 0 amide bonds. The Kier molecular flexibility index (Phi) is 3.75. The lowest BCUT2D eigenvalue weighted by molar-refractivity contribution is -0.138. The number of carboxylic acid groups (broad SMARTS) is 1. The lowest BCUT2D eigenvalue weighted by Crippen LogP contribution is -2.35. The van der Waals surface area contributed by atoms with E-state index in [2.05, 4.69) is 0 Å². The number of hydrogen-bond donors (Lipinski definition) is 1. The summed E-state index contributed by atoms with van der Waals surface area (Å²) < 4.78 is 0. The van der Waals surface area contributed by atoms with Gasteiger partial charge in [0.25, 0.3) is 0 Å². The summed E-state index contributed by atoms with van der Waals surface area (Å²) in [4.78, 5) is 12.4. The molecule has 0 radical (unpaired) electrons. The maximum Gasteiger partial charge on any atom is 0.326 e. The van der Waals surface area contributed by atoms with Gasteiger partial charge in [0, 0.05) is 12.7 Å². The van der Waals surface area contributed by atoms with Gasteiger partial charge in [-0.25, -0.2) is 4.79 Å². The Hall–Kier alpha value is -1.73. The average Bonchev–Trinajstić information content (AvgIpc) is 2.26. The summed E-state index contributed by atoms with van der Waals surface area (Å²) in [5.41, 5.74) is 1.04. The van der Waals surface area contributed by atoms with Crippen LogP contribution < -0.4 is 4.90 Å². The second-order valence-corrected chi connectivity index (χ2v) is 3.81. The van der Waals surface area contributed by atoms with Crippen molar-refractivity contribution >= 4 is 23.3 Å².